The summed E-state index contributed by atoms with van der Waals surface area (Å²) in [6.07, 6.45) is 6.59. The minimum atomic E-state index is -0.512. The molecule has 0 aliphatic carbocycles. The fourth-order valence-corrected chi connectivity index (χ4v) is 3.66. The second-order valence-electron chi connectivity index (χ2n) is 7.40. The Morgan fingerprint density at radius 1 is 1.16 bits per heavy atom. The van der Waals surface area contributed by atoms with Gasteiger partial charge in [-0.1, -0.05) is 0 Å². The molecule has 0 unspecified atom stereocenters. The molecule has 0 bridgehead atoms. The van der Waals surface area contributed by atoms with E-state index in [-0.39, 0.29) is 17.3 Å². The predicted octanol–water partition coefficient (Wildman–Crippen LogP) is 5.03. The van der Waals surface area contributed by atoms with Crippen molar-refractivity contribution < 1.29 is 9.31 Å². The molecular formula is C22H23FN6O2. The van der Waals surface area contributed by atoms with E-state index in [0.717, 1.165) is 38.0 Å². The van der Waals surface area contributed by atoms with E-state index in [1.807, 2.05) is 11.0 Å². The van der Waals surface area contributed by atoms with E-state index in [1.54, 1.807) is 48.6 Å². The molecule has 4 rings (SSSR count). The number of pyridine rings is 2. The maximum atomic E-state index is 14.8. The third-order valence-corrected chi connectivity index (χ3v) is 5.34. The average Bonchev–Trinajstić information content (AvgIpc) is 2.79. The van der Waals surface area contributed by atoms with E-state index in [9.17, 15) is 14.5 Å². The Balaban J connectivity index is 1.62. The van der Waals surface area contributed by atoms with Gasteiger partial charge in [0.15, 0.2) is 0 Å². The molecule has 0 atom stereocenters. The van der Waals surface area contributed by atoms with Gasteiger partial charge in [-0.25, -0.2) is 9.37 Å². The Morgan fingerprint density at radius 2 is 1.97 bits per heavy atom. The molecule has 1 aliphatic rings. The SMILES string of the molecule is CN(c1cccnc1)c1ccc([N+](=O)[O-])c(Nc2ccc(N3CCCCC3)c(F)c2)n1. The van der Waals surface area contributed by atoms with Crippen molar-refractivity contribution in [3.8, 4) is 0 Å². The Bertz CT molecular complexity index is 1070. The molecule has 1 aliphatic heterocycles. The molecule has 2 aromatic heterocycles. The van der Waals surface area contributed by atoms with Crippen LogP contribution in [0.1, 0.15) is 19.3 Å². The van der Waals surface area contributed by atoms with Gasteiger partial charge in [-0.2, -0.15) is 0 Å². The molecule has 31 heavy (non-hydrogen) atoms. The third-order valence-electron chi connectivity index (χ3n) is 5.34. The summed E-state index contributed by atoms with van der Waals surface area (Å²) in [7, 11) is 1.79. The maximum absolute atomic E-state index is 14.8. The zero-order chi connectivity index (χ0) is 21.8. The second-order valence-corrected chi connectivity index (χ2v) is 7.40. The van der Waals surface area contributed by atoms with Crippen LogP contribution in [0.25, 0.3) is 0 Å². The summed E-state index contributed by atoms with van der Waals surface area (Å²) in [6, 6.07) is 11.4. The van der Waals surface area contributed by atoms with Gasteiger partial charge in [0.25, 0.3) is 0 Å². The van der Waals surface area contributed by atoms with Crippen LogP contribution in [0, 0.1) is 15.9 Å². The molecule has 160 valence electrons. The van der Waals surface area contributed by atoms with Crippen molar-refractivity contribution in [1.82, 2.24) is 9.97 Å². The number of nitrogens with one attached hydrogen (secondary N) is 1. The molecule has 1 N–H and O–H groups in total. The Hall–Kier alpha value is -3.75. The highest BCUT2D eigenvalue weighted by Gasteiger charge is 2.20. The highest BCUT2D eigenvalue weighted by atomic mass is 19.1. The van der Waals surface area contributed by atoms with Crippen LogP contribution in [0.3, 0.4) is 0 Å². The molecule has 9 heteroatoms. The summed E-state index contributed by atoms with van der Waals surface area (Å²) in [6.45, 7) is 1.67. The van der Waals surface area contributed by atoms with E-state index in [2.05, 4.69) is 15.3 Å². The van der Waals surface area contributed by atoms with Gasteiger partial charge in [-0.05, 0) is 55.7 Å². The molecule has 1 fully saturated rings. The molecule has 8 nitrogen and oxygen atoms in total. The van der Waals surface area contributed by atoms with Crippen molar-refractivity contribution in [1.29, 1.82) is 0 Å². The van der Waals surface area contributed by atoms with Gasteiger partial charge in [0, 0.05) is 38.1 Å². The van der Waals surface area contributed by atoms with Crippen LogP contribution in [0.2, 0.25) is 0 Å². The average molecular weight is 422 g/mol. The van der Waals surface area contributed by atoms with Gasteiger partial charge in [0.2, 0.25) is 5.82 Å². The highest BCUT2D eigenvalue weighted by Crippen LogP contribution is 2.32. The topological polar surface area (TPSA) is 87.4 Å². The third kappa shape index (κ3) is 4.55. The lowest BCUT2D eigenvalue weighted by atomic mass is 10.1. The largest absolute Gasteiger partial charge is 0.369 e. The first-order valence-electron chi connectivity index (χ1n) is 10.1. The molecule has 0 saturated carbocycles. The van der Waals surface area contributed by atoms with Crippen molar-refractivity contribution in [2.45, 2.75) is 19.3 Å². The van der Waals surface area contributed by atoms with E-state index in [1.165, 1.54) is 12.1 Å². The highest BCUT2D eigenvalue weighted by molar-refractivity contribution is 5.71. The van der Waals surface area contributed by atoms with Crippen molar-refractivity contribution in [2.75, 3.05) is 35.3 Å². The minimum Gasteiger partial charge on any atom is -0.369 e. The van der Waals surface area contributed by atoms with Gasteiger partial charge >= 0.3 is 5.69 Å². The number of hydrogen-bond acceptors (Lipinski definition) is 7. The van der Waals surface area contributed by atoms with Crippen LogP contribution in [-0.2, 0) is 0 Å². The number of piperidine rings is 1. The molecular weight excluding hydrogens is 399 g/mol. The van der Waals surface area contributed by atoms with Gasteiger partial charge in [0.1, 0.15) is 11.6 Å². The van der Waals surface area contributed by atoms with Crippen molar-refractivity contribution >= 4 is 34.4 Å². The monoisotopic (exact) mass is 422 g/mol. The molecule has 3 heterocycles. The molecule has 3 aromatic rings. The normalized spacial score (nSPS) is 13.7. The van der Waals surface area contributed by atoms with E-state index >= 15 is 0 Å². The first kappa shape index (κ1) is 20.5. The van der Waals surface area contributed by atoms with Gasteiger partial charge in [-0.15, -0.1) is 0 Å². The first-order valence-corrected chi connectivity index (χ1v) is 10.1. The lowest BCUT2D eigenvalue weighted by Gasteiger charge is -2.29. The van der Waals surface area contributed by atoms with Crippen LogP contribution in [0.4, 0.5) is 38.8 Å². The van der Waals surface area contributed by atoms with Crippen LogP contribution in [-0.4, -0.2) is 35.0 Å². The van der Waals surface area contributed by atoms with E-state index in [4.69, 9.17) is 0 Å². The zero-order valence-electron chi connectivity index (χ0n) is 17.2. The summed E-state index contributed by atoms with van der Waals surface area (Å²) in [5, 5.41) is 14.4. The van der Waals surface area contributed by atoms with Crippen molar-refractivity contribution in [3.63, 3.8) is 0 Å². The fraction of sp³-hybridized carbons (Fsp3) is 0.273. The summed E-state index contributed by atoms with van der Waals surface area (Å²) >= 11 is 0. The van der Waals surface area contributed by atoms with E-state index < -0.39 is 4.92 Å². The molecule has 1 saturated heterocycles. The summed E-state index contributed by atoms with van der Waals surface area (Å²) < 4.78 is 14.8. The van der Waals surface area contributed by atoms with Gasteiger partial charge < -0.3 is 15.1 Å². The zero-order valence-corrected chi connectivity index (χ0v) is 17.2. The molecule has 0 amide bonds. The predicted molar refractivity (Wildman–Crippen MR) is 119 cm³/mol. The van der Waals surface area contributed by atoms with Crippen LogP contribution >= 0.6 is 0 Å². The van der Waals surface area contributed by atoms with Crippen LogP contribution in [0.5, 0.6) is 0 Å². The summed E-state index contributed by atoms with van der Waals surface area (Å²) in [5.41, 5.74) is 1.54. The number of aromatic nitrogens is 2. The van der Waals surface area contributed by atoms with Gasteiger partial charge in [-0.3, -0.25) is 15.1 Å². The second kappa shape index (κ2) is 8.95. The number of anilines is 5. The van der Waals surface area contributed by atoms with Gasteiger partial charge in [0.05, 0.1) is 22.5 Å². The lowest BCUT2D eigenvalue weighted by molar-refractivity contribution is -0.384. The Morgan fingerprint density at radius 3 is 2.65 bits per heavy atom. The smallest absolute Gasteiger partial charge is 0.311 e. The summed E-state index contributed by atoms with van der Waals surface area (Å²) in [4.78, 5) is 23.3. The molecule has 1 aromatic carbocycles. The lowest BCUT2D eigenvalue weighted by Crippen LogP contribution is -2.30. The quantitative estimate of drug-likeness (QED) is 0.440. The fourth-order valence-electron chi connectivity index (χ4n) is 3.66. The molecule has 0 spiro atoms. The number of benzene rings is 1. The minimum absolute atomic E-state index is 0.0448. The Kier molecular flexibility index (Phi) is 5.92. The van der Waals surface area contributed by atoms with Crippen molar-refractivity contribution in [2.24, 2.45) is 0 Å². The number of rotatable bonds is 6. The standard InChI is InChI=1S/C22H23FN6O2/c1-27(17-6-5-11-24-15-17)21-10-9-20(29(30)31)22(26-21)25-16-7-8-19(18(23)14-16)28-12-3-2-4-13-28/h5-11,14-15H,2-4,12-13H2,1H3,(H,25,26). The van der Waals surface area contributed by atoms with Crippen LogP contribution < -0.4 is 15.1 Å². The van der Waals surface area contributed by atoms with E-state index in [0.29, 0.717) is 17.2 Å². The maximum Gasteiger partial charge on any atom is 0.311 e. The Labute approximate surface area is 179 Å². The number of halogens is 1. The molecule has 0 radical (unpaired) electrons. The first-order chi connectivity index (χ1) is 15.0. The number of hydrogen-bond donors (Lipinski definition) is 1. The van der Waals surface area contributed by atoms with Crippen LogP contribution in [0.15, 0.2) is 54.9 Å². The van der Waals surface area contributed by atoms with Crippen molar-refractivity contribution in [3.05, 3.63) is 70.8 Å². The summed E-state index contributed by atoms with van der Waals surface area (Å²) in [5.74, 6) is 0.174. The number of nitrogens with zero attached hydrogens (tertiary/aromatic N) is 5. The number of nitro groups is 1.